The van der Waals surface area contributed by atoms with Gasteiger partial charge in [-0.2, -0.15) is 0 Å². The van der Waals surface area contributed by atoms with Crippen molar-refractivity contribution in [3.8, 4) is 0 Å². The van der Waals surface area contributed by atoms with Crippen LogP contribution < -0.4 is 5.32 Å². The summed E-state index contributed by atoms with van der Waals surface area (Å²) in [6.45, 7) is 15.6. The normalized spacial score (nSPS) is 23.1. The van der Waals surface area contributed by atoms with Gasteiger partial charge in [-0.3, -0.25) is 4.79 Å². The van der Waals surface area contributed by atoms with Crippen LogP contribution in [-0.4, -0.2) is 61.5 Å². The maximum Gasteiger partial charge on any atom is 0.223 e. The van der Waals surface area contributed by atoms with Crippen LogP contribution in [0.4, 0.5) is 0 Å². The molecular formula is C17H35N3O. The monoisotopic (exact) mass is 297 g/mol. The summed E-state index contributed by atoms with van der Waals surface area (Å²) >= 11 is 0. The molecule has 0 saturated carbocycles. The molecular weight excluding hydrogens is 262 g/mol. The second-order valence-electron chi connectivity index (χ2n) is 6.47. The SMILES string of the molecule is CC.CC(C)C[C@H]1CCN(CCC(=O)N2CCNCC2)C1. The van der Waals surface area contributed by atoms with Gasteiger partial charge in [-0.1, -0.05) is 27.7 Å². The maximum atomic E-state index is 12.1. The fourth-order valence-electron chi connectivity index (χ4n) is 3.30. The molecule has 4 nitrogen and oxygen atoms in total. The quantitative estimate of drug-likeness (QED) is 0.845. The van der Waals surface area contributed by atoms with Crippen LogP contribution in [0.15, 0.2) is 0 Å². The van der Waals surface area contributed by atoms with Crippen LogP contribution in [0.2, 0.25) is 0 Å². The predicted molar refractivity (Wildman–Crippen MR) is 89.4 cm³/mol. The van der Waals surface area contributed by atoms with Gasteiger partial charge in [0.1, 0.15) is 0 Å². The summed E-state index contributed by atoms with van der Waals surface area (Å²) in [6.07, 6.45) is 3.36. The first-order valence-electron chi connectivity index (χ1n) is 8.86. The summed E-state index contributed by atoms with van der Waals surface area (Å²) in [7, 11) is 0. The van der Waals surface area contributed by atoms with Crippen LogP contribution in [0.1, 0.15) is 47.0 Å². The van der Waals surface area contributed by atoms with Crippen LogP contribution in [0, 0.1) is 11.8 Å². The van der Waals surface area contributed by atoms with Gasteiger partial charge >= 0.3 is 0 Å². The molecule has 1 amide bonds. The third-order valence-corrected chi connectivity index (χ3v) is 4.29. The molecule has 2 saturated heterocycles. The number of hydrogen-bond acceptors (Lipinski definition) is 3. The lowest BCUT2D eigenvalue weighted by Crippen LogP contribution is -2.47. The molecule has 124 valence electrons. The fraction of sp³-hybridized carbons (Fsp3) is 0.941. The third kappa shape index (κ3) is 6.79. The van der Waals surface area contributed by atoms with Gasteiger partial charge in [-0.15, -0.1) is 0 Å². The van der Waals surface area contributed by atoms with E-state index in [9.17, 15) is 4.79 Å². The molecule has 2 fully saturated rings. The van der Waals surface area contributed by atoms with E-state index in [0.717, 1.165) is 44.6 Å². The van der Waals surface area contributed by atoms with Crippen molar-refractivity contribution in [2.24, 2.45) is 11.8 Å². The Morgan fingerprint density at radius 2 is 1.86 bits per heavy atom. The molecule has 0 spiro atoms. The highest BCUT2D eigenvalue weighted by atomic mass is 16.2. The summed E-state index contributed by atoms with van der Waals surface area (Å²) in [5.41, 5.74) is 0. The molecule has 21 heavy (non-hydrogen) atoms. The van der Waals surface area contributed by atoms with Gasteiger partial charge in [0.15, 0.2) is 0 Å². The van der Waals surface area contributed by atoms with Crippen LogP contribution in [0.25, 0.3) is 0 Å². The van der Waals surface area contributed by atoms with Crippen molar-refractivity contribution in [3.05, 3.63) is 0 Å². The number of carbonyl (C=O) groups excluding carboxylic acids is 1. The van der Waals surface area contributed by atoms with Crippen molar-refractivity contribution in [1.29, 1.82) is 0 Å². The first kappa shape index (κ1) is 18.4. The second-order valence-corrected chi connectivity index (χ2v) is 6.47. The Hall–Kier alpha value is -0.610. The van der Waals surface area contributed by atoms with Crippen molar-refractivity contribution in [1.82, 2.24) is 15.1 Å². The van der Waals surface area contributed by atoms with Crippen LogP contribution in [0.3, 0.4) is 0 Å². The minimum absolute atomic E-state index is 0.341. The number of nitrogens with one attached hydrogen (secondary N) is 1. The van der Waals surface area contributed by atoms with E-state index in [1.54, 1.807) is 0 Å². The Kier molecular flexibility index (Phi) is 8.93. The van der Waals surface area contributed by atoms with Crippen LogP contribution >= 0.6 is 0 Å². The van der Waals surface area contributed by atoms with Gasteiger partial charge < -0.3 is 15.1 Å². The molecule has 0 aromatic carbocycles. The zero-order valence-electron chi connectivity index (χ0n) is 14.5. The topological polar surface area (TPSA) is 35.6 Å². The largest absolute Gasteiger partial charge is 0.340 e. The summed E-state index contributed by atoms with van der Waals surface area (Å²) in [5, 5.41) is 3.29. The number of rotatable bonds is 5. The number of nitrogens with zero attached hydrogens (tertiary/aromatic N) is 2. The summed E-state index contributed by atoms with van der Waals surface area (Å²) in [6, 6.07) is 0. The van der Waals surface area contributed by atoms with Crippen LogP contribution in [-0.2, 0) is 4.79 Å². The Labute approximate surface area is 131 Å². The predicted octanol–water partition coefficient (Wildman–Crippen LogP) is 2.20. The summed E-state index contributed by atoms with van der Waals surface area (Å²) in [5.74, 6) is 2.00. The van der Waals surface area contributed by atoms with E-state index in [2.05, 4.69) is 24.1 Å². The van der Waals surface area contributed by atoms with Gasteiger partial charge in [-0.25, -0.2) is 0 Å². The van der Waals surface area contributed by atoms with Crippen molar-refractivity contribution in [2.45, 2.75) is 47.0 Å². The summed E-state index contributed by atoms with van der Waals surface area (Å²) < 4.78 is 0. The fourth-order valence-corrected chi connectivity index (χ4v) is 3.30. The average molecular weight is 297 g/mol. The van der Waals surface area contributed by atoms with Crippen molar-refractivity contribution < 1.29 is 4.79 Å². The minimum Gasteiger partial charge on any atom is -0.340 e. The lowest BCUT2D eigenvalue weighted by atomic mass is 9.97. The summed E-state index contributed by atoms with van der Waals surface area (Å²) in [4.78, 5) is 16.6. The molecule has 0 aliphatic carbocycles. The van der Waals surface area contributed by atoms with Crippen molar-refractivity contribution in [2.75, 3.05) is 45.8 Å². The Bertz CT molecular complexity index is 288. The maximum absolute atomic E-state index is 12.1. The highest BCUT2D eigenvalue weighted by Crippen LogP contribution is 2.23. The minimum atomic E-state index is 0.341. The first-order valence-corrected chi connectivity index (χ1v) is 8.86. The molecule has 1 N–H and O–H groups in total. The van der Waals surface area contributed by atoms with E-state index in [0.29, 0.717) is 12.3 Å². The highest BCUT2D eigenvalue weighted by molar-refractivity contribution is 5.76. The van der Waals surface area contributed by atoms with Gasteiger partial charge in [0.2, 0.25) is 5.91 Å². The first-order chi connectivity index (χ1) is 10.1. The van der Waals surface area contributed by atoms with Gasteiger partial charge in [0.25, 0.3) is 0 Å². The van der Waals surface area contributed by atoms with Gasteiger partial charge in [0, 0.05) is 45.7 Å². The van der Waals surface area contributed by atoms with Crippen molar-refractivity contribution in [3.63, 3.8) is 0 Å². The lowest BCUT2D eigenvalue weighted by molar-refractivity contribution is -0.132. The molecule has 0 radical (unpaired) electrons. The van der Waals surface area contributed by atoms with E-state index < -0.39 is 0 Å². The Morgan fingerprint density at radius 1 is 1.19 bits per heavy atom. The molecule has 1 atom stereocenters. The molecule has 2 aliphatic rings. The smallest absolute Gasteiger partial charge is 0.223 e. The lowest BCUT2D eigenvalue weighted by Gasteiger charge is -2.28. The Balaban J connectivity index is 0.00000106. The molecule has 2 rings (SSSR count). The molecule has 4 heteroatoms. The molecule has 0 bridgehead atoms. The van der Waals surface area contributed by atoms with E-state index in [-0.39, 0.29) is 0 Å². The standard InChI is InChI=1S/C15H29N3O.C2H6/c1-13(2)11-14-3-7-17(12-14)8-4-15(19)18-9-5-16-6-10-18;1-2/h13-14,16H,3-12H2,1-2H3;1-2H3/t14-;/m1./s1. The molecule has 2 aliphatic heterocycles. The number of likely N-dealkylation sites (tertiary alicyclic amines) is 1. The van der Waals surface area contributed by atoms with Gasteiger partial charge in [0.05, 0.1) is 0 Å². The molecule has 0 aromatic heterocycles. The number of carbonyl (C=O) groups is 1. The van der Waals surface area contributed by atoms with Crippen molar-refractivity contribution >= 4 is 5.91 Å². The third-order valence-electron chi connectivity index (χ3n) is 4.29. The van der Waals surface area contributed by atoms with E-state index >= 15 is 0 Å². The van der Waals surface area contributed by atoms with E-state index in [4.69, 9.17) is 0 Å². The second kappa shape index (κ2) is 10.2. The molecule has 0 aromatic rings. The number of piperazine rings is 1. The van der Waals surface area contributed by atoms with Gasteiger partial charge in [-0.05, 0) is 31.2 Å². The average Bonchev–Trinajstić information content (AvgIpc) is 2.94. The highest BCUT2D eigenvalue weighted by Gasteiger charge is 2.24. The number of hydrogen-bond donors (Lipinski definition) is 1. The molecule has 2 heterocycles. The zero-order chi connectivity index (χ0) is 15.7. The Morgan fingerprint density at radius 3 is 2.48 bits per heavy atom. The van der Waals surface area contributed by atoms with E-state index in [1.807, 2.05) is 18.7 Å². The van der Waals surface area contributed by atoms with E-state index in [1.165, 1.54) is 25.9 Å². The number of amides is 1. The molecule has 0 unspecified atom stereocenters. The van der Waals surface area contributed by atoms with Crippen LogP contribution in [0.5, 0.6) is 0 Å². The zero-order valence-corrected chi connectivity index (χ0v) is 14.5.